The third-order valence-corrected chi connectivity index (χ3v) is 2.48. The Morgan fingerprint density at radius 2 is 2.19 bits per heavy atom. The fourth-order valence-corrected chi connectivity index (χ4v) is 1.33. The van der Waals surface area contributed by atoms with E-state index in [1.807, 2.05) is 0 Å². The Kier molecular flexibility index (Phi) is 3.80. The predicted octanol–water partition coefficient (Wildman–Crippen LogP) is -0.520. The van der Waals surface area contributed by atoms with Crippen LogP contribution >= 0.6 is 0 Å². The van der Waals surface area contributed by atoms with Crippen LogP contribution in [0.2, 0.25) is 0 Å². The lowest BCUT2D eigenvalue weighted by Crippen LogP contribution is -2.22. The van der Waals surface area contributed by atoms with Gasteiger partial charge in [-0.05, 0) is 12.1 Å². The first-order valence-corrected chi connectivity index (χ1v) is 6.04. The third-order valence-electron chi connectivity index (χ3n) is 1.70. The standard InChI is InChI=1S/C8H11N3O4S/c9-16(14,15)4-3-10-7-2-1-6(5-11-7)8(12)13/h1-2,5H,3-4H2,(H,10,11)(H,12,13)(H2,9,14,15). The van der Waals surface area contributed by atoms with Crippen LogP contribution in [0.1, 0.15) is 10.4 Å². The highest BCUT2D eigenvalue weighted by molar-refractivity contribution is 7.89. The molecule has 0 radical (unpaired) electrons. The van der Waals surface area contributed by atoms with E-state index in [4.69, 9.17) is 10.2 Å². The summed E-state index contributed by atoms with van der Waals surface area (Å²) in [7, 11) is -3.50. The van der Waals surface area contributed by atoms with Crippen molar-refractivity contribution in [2.24, 2.45) is 5.14 Å². The number of primary sulfonamides is 1. The monoisotopic (exact) mass is 245 g/mol. The second-order valence-electron chi connectivity index (χ2n) is 3.03. The van der Waals surface area contributed by atoms with Gasteiger partial charge in [-0.25, -0.2) is 23.3 Å². The number of anilines is 1. The molecule has 7 nitrogen and oxygen atoms in total. The zero-order valence-electron chi connectivity index (χ0n) is 8.25. The van der Waals surface area contributed by atoms with Crippen molar-refractivity contribution in [2.75, 3.05) is 17.6 Å². The minimum absolute atomic E-state index is 0.0667. The number of aromatic nitrogens is 1. The first-order valence-electron chi connectivity index (χ1n) is 4.32. The Labute approximate surface area is 92.4 Å². The Hall–Kier alpha value is -1.67. The molecule has 0 atom stereocenters. The predicted molar refractivity (Wildman–Crippen MR) is 57.7 cm³/mol. The van der Waals surface area contributed by atoms with Gasteiger partial charge in [0.15, 0.2) is 0 Å². The zero-order valence-corrected chi connectivity index (χ0v) is 9.07. The van der Waals surface area contributed by atoms with Crippen molar-refractivity contribution in [3.05, 3.63) is 23.9 Å². The summed E-state index contributed by atoms with van der Waals surface area (Å²) >= 11 is 0. The van der Waals surface area contributed by atoms with Crippen LogP contribution in [-0.4, -0.2) is 36.8 Å². The molecule has 0 aliphatic carbocycles. The number of pyridine rings is 1. The van der Waals surface area contributed by atoms with Crippen LogP contribution < -0.4 is 10.5 Å². The first kappa shape index (κ1) is 12.4. The summed E-state index contributed by atoms with van der Waals surface area (Å²) in [6, 6.07) is 2.82. The van der Waals surface area contributed by atoms with E-state index in [-0.39, 0.29) is 17.9 Å². The maximum absolute atomic E-state index is 10.6. The van der Waals surface area contributed by atoms with Crippen LogP contribution in [0.5, 0.6) is 0 Å². The van der Waals surface area contributed by atoms with Crippen LogP contribution in [0, 0.1) is 0 Å². The molecule has 1 rings (SSSR count). The molecule has 88 valence electrons. The fraction of sp³-hybridized carbons (Fsp3) is 0.250. The SMILES string of the molecule is NS(=O)(=O)CCNc1ccc(C(=O)O)cn1. The number of hydrogen-bond acceptors (Lipinski definition) is 5. The van der Waals surface area contributed by atoms with Gasteiger partial charge in [-0.15, -0.1) is 0 Å². The van der Waals surface area contributed by atoms with E-state index in [2.05, 4.69) is 10.3 Å². The third kappa shape index (κ3) is 4.24. The number of hydrogen-bond donors (Lipinski definition) is 3. The number of aromatic carboxylic acids is 1. The molecule has 8 heteroatoms. The van der Waals surface area contributed by atoms with Crippen molar-refractivity contribution < 1.29 is 18.3 Å². The second kappa shape index (κ2) is 4.90. The average molecular weight is 245 g/mol. The number of nitrogens with two attached hydrogens (primary N) is 1. The van der Waals surface area contributed by atoms with E-state index >= 15 is 0 Å². The topological polar surface area (TPSA) is 122 Å². The fourth-order valence-electron chi connectivity index (χ4n) is 0.946. The van der Waals surface area contributed by atoms with Gasteiger partial charge in [0.1, 0.15) is 5.82 Å². The molecule has 0 amide bonds. The maximum atomic E-state index is 10.6. The van der Waals surface area contributed by atoms with Gasteiger partial charge in [-0.1, -0.05) is 0 Å². The Morgan fingerprint density at radius 3 is 2.62 bits per heavy atom. The van der Waals surface area contributed by atoms with Gasteiger partial charge in [0.05, 0.1) is 11.3 Å². The quantitative estimate of drug-likeness (QED) is 0.641. The first-order chi connectivity index (χ1) is 7.38. The minimum Gasteiger partial charge on any atom is -0.478 e. The van der Waals surface area contributed by atoms with Gasteiger partial charge in [0.2, 0.25) is 10.0 Å². The van der Waals surface area contributed by atoms with Crippen LogP contribution in [0.4, 0.5) is 5.82 Å². The summed E-state index contributed by atoms with van der Waals surface area (Å²) in [6.07, 6.45) is 1.18. The smallest absolute Gasteiger partial charge is 0.337 e. The molecule has 4 N–H and O–H groups in total. The molecule has 0 saturated heterocycles. The summed E-state index contributed by atoms with van der Waals surface area (Å²) in [4.78, 5) is 14.3. The molecule has 0 aliphatic heterocycles. The highest BCUT2D eigenvalue weighted by atomic mass is 32.2. The van der Waals surface area contributed by atoms with E-state index < -0.39 is 16.0 Å². The second-order valence-corrected chi connectivity index (χ2v) is 4.76. The number of carboxylic acid groups (broad SMARTS) is 1. The molecule has 0 spiro atoms. The molecule has 0 bridgehead atoms. The van der Waals surface area contributed by atoms with Gasteiger partial charge in [-0.2, -0.15) is 0 Å². The minimum atomic E-state index is -3.50. The number of nitrogens with zero attached hydrogens (tertiary/aromatic N) is 1. The molecule has 16 heavy (non-hydrogen) atoms. The largest absolute Gasteiger partial charge is 0.478 e. The van der Waals surface area contributed by atoms with E-state index in [0.29, 0.717) is 5.82 Å². The number of carboxylic acids is 1. The lowest BCUT2D eigenvalue weighted by Gasteiger charge is -2.04. The highest BCUT2D eigenvalue weighted by Gasteiger charge is 2.04. The van der Waals surface area contributed by atoms with Gasteiger partial charge < -0.3 is 10.4 Å². The molecular formula is C8H11N3O4S. The number of rotatable bonds is 5. The Morgan fingerprint density at radius 1 is 1.50 bits per heavy atom. The van der Waals surface area contributed by atoms with Crippen LogP contribution in [0.15, 0.2) is 18.3 Å². The molecular weight excluding hydrogens is 234 g/mol. The van der Waals surface area contributed by atoms with E-state index in [9.17, 15) is 13.2 Å². The van der Waals surface area contributed by atoms with Crippen LogP contribution in [-0.2, 0) is 10.0 Å². The van der Waals surface area contributed by atoms with E-state index in [0.717, 1.165) is 0 Å². The van der Waals surface area contributed by atoms with Crippen LogP contribution in [0.25, 0.3) is 0 Å². The normalized spacial score (nSPS) is 11.1. The summed E-state index contributed by atoms with van der Waals surface area (Å²) in [6.45, 7) is 0.123. The van der Waals surface area contributed by atoms with Crippen molar-refractivity contribution in [3.63, 3.8) is 0 Å². The lowest BCUT2D eigenvalue weighted by atomic mass is 10.3. The van der Waals surface area contributed by atoms with Crippen molar-refractivity contribution >= 4 is 21.8 Å². The van der Waals surface area contributed by atoms with Gasteiger partial charge >= 0.3 is 5.97 Å². The van der Waals surface area contributed by atoms with Gasteiger partial charge in [-0.3, -0.25) is 0 Å². The van der Waals surface area contributed by atoms with E-state index in [1.165, 1.54) is 18.3 Å². The van der Waals surface area contributed by atoms with Crippen molar-refractivity contribution in [1.82, 2.24) is 4.98 Å². The summed E-state index contributed by atoms with van der Waals surface area (Å²) < 4.78 is 21.2. The molecule has 0 fully saturated rings. The molecule has 0 unspecified atom stereocenters. The molecule has 1 heterocycles. The average Bonchev–Trinajstić information content (AvgIpc) is 2.16. The van der Waals surface area contributed by atoms with E-state index in [1.54, 1.807) is 0 Å². The molecule has 0 aliphatic rings. The van der Waals surface area contributed by atoms with Gasteiger partial charge in [0.25, 0.3) is 0 Å². The van der Waals surface area contributed by atoms with Crippen molar-refractivity contribution in [3.8, 4) is 0 Å². The molecule has 1 aromatic heterocycles. The zero-order chi connectivity index (χ0) is 12.2. The summed E-state index contributed by atoms with van der Waals surface area (Å²) in [5, 5.41) is 16.1. The number of nitrogens with one attached hydrogen (secondary N) is 1. The van der Waals surface area contributed by atoms with Crippen LogP contribution in [0.3, 0.4) is 0 Å². The lowest BCUT2D eigenvalue weighted by molar-refractivity contribution is 0.0696. The number of carbonyl (C=O) groups is 1. The number of sulfonamides is 1. The maximum Gasteiger partial charge on any atom is 0.337 e. The molecule has 0 saturated carbocycles. The Balaban J connectivity index is 2.53. The van der Waals surface area contributed by atoms with Gasteiger partial charge in [0, 0.05) is 12.7 Å². The Bertz CT molecular complexity index is 469. The summed E-state index contributed by atoms with van der Waals surface area (Å²) in [5.41, 5.74) is 0.0667. The summed E-state index contributed by atoms with van der Waals surface area (Å²) in [5.74, 6) is -0.882. The van der Waals surface area contributed by atoms with Crippen molar-refractivity contribution in [1.29, 1.82) is 0 Å². The highest BCUT2D eigenvalue weighted by Crippen LogP contribution is 2.04. The molecule has 0 aromatic carbocycles. The van der Waals surface area contributed by atoms with Crippen molar-refractivity contribution in [2.45, 2.75) is 0 Å². The molecule has 1 aromatic rings.